The fourth-order valence-corrected chi connectivity index (χ4v) is 2.04. The van der Waals surface area contributed by atoms with Gasteiger partial charge < -0.3 is 10.6 Å². The van der Waals surface area contributed by atoms with Crippen molar-refractivity contribution in [2.75, 3.05) is 18.0 Å². The summed E-state index contributed by atoms with van der Waals surface area (Å²) in [6.07, 6.45) is 1.30. The number of hydrogen-bond donors (Lipinski definition) is 1. The summed E-state index contributed by atoms with van der Waals surface area (Å²) in [6, 6.07) is 5.68. The highest BCUT2D eigenvalue weighted by Gasteiger charge is 2.23. The normalized spacial score (nSPS) is 13.2. The van der Waals surface area contributed by atoms with Crippen LogP contribution in [-0.4, -0.2) is 19.0 Å². The Morgan fingerprint density at radius 2 is 2.25 bits per heavy atom. The van der Waals surface area contributed by atoms with Gasteiger partial charge in [-0.15, -0.1) is 12.4 Å². The Hall–Kier alpha value is -0.770. The van der Waals surface area contributed by atoms with Crippen LogP contribution >= 0.6 is 24.0 Å². The average Bonchev–Trinajstić information content (AvgIpc) is 2.60. The number of halogens is 2. The quantitative estimate of drug-likeness (QED) is 0.885. The van der Waals surface area contributed by atoms with Gasteiger partial charge in [-0.2, -0.15) is 0 Å². The van der Waals surface area contributed by atoms with Gasteiger partial charge in [-0.3, -0.25) is 4.79 Å². The SMILES string of the molecule is Cl.NCCC(=O)N1CCc2ccc(Cl)cc21. The standard InChI is InChI=1S/C11H13ClN2O.ClH/c12-9-2-1-8-4-6-14(10(8)7-9)11(15)3-5-13;/h1-2,7H,3-6,13H2;1H. The molecule has 1 aromatic carbocycles. The second kappa shape index (κ2) is 5.53. The topological polar surface area (TPSA) is 46.3 Å². The van der Waals surface area contributed by atoms with Crippen LogP contribution in [0, 0.1) is 0 Å². The van der Waals surface area contributed by atoms with Gasteiger partial charge in [0, 0.05) is 30.2 Å². The highest BCUT2D eigenvalue weighted by molar-refractivity contribution is 6.31. The van der Waals surface area contributed by atoms with E-state index in [1.165, 1.54) is 5.56 Å². The van der Waals surface area contributed by atoms with Crippen molar-refractivity contribution in [2.24, 2.45) is 5.73 Å². The van der Waals surface area contributed by atoms with Gasteiger partial charge in [0.05, 0.1) is 0 Å². The molecular weight excluding hydrogens is 247 g/mol. The summed E-state index contributed by atoms with van der Waals surface area (Å²) >= 11 is 5.91. The number of anilines is 1. The summed E-state index contributed by atoms with van der Waals surface area (Å²) in [5.74, 6) is 0.0820. The Bertz CT molecular complexity index is 396. The highest BCUT2D eigenvalue weighted by atomic mass is 35.5. The molecule has 3 nitrogen and oxygen atoms in total. The van der Waals surface area contributed by atoms with Gasteiger partial charge in [0.25, 0.3) is 0 Å². The monoisotopic (exact) mass is 260 g/mol. The molecule has 1 heterocycles. The molecule has 0 bridgehead atoms. The van der Waals surface area contributed by atoms with Gasteiger partial charge in [-0.1, -0.05) is 17.7 Å². The van der Waals surface area contributed by atoms with Crippen LogP contribution in [0.15, 0.2) is 18.2 Å². The van der Waals surface area contributed by atoms with Crippen LogP contribution < -0.4 is 10.6 Å². The molecule has 0 aliphatic carbocycles. The molecule has 16 heavy (non-hydrogen) atoms. The third-order valence-electron chi connectivity index (χ3n) is 2.60. The second-order valence-corrected chi connectivity index (χ2v) is 4.04. The Morgan fingerprint density at radius 1 is 1.50 bits per heavy atom. The molecule has 1 aliphatic heterocycles. The maximum atomic E-state index is 11.7. The predicted octanol–water partition coefficient (Wildman–Crippen LogP) is 2.00. The Morgan fingerprint density at radius 3 is 2.94 bits per heavy atom. The smallest absolute Gasteiger partial charge is 0.228 e. The lowest BCUT2D eigenvalue weighted by molar-refractivity contribution is -0.118. The van der Waals surface area contributed by atoms with E-state index in [1.807, 2.05) is 18.2 Å². The number of nitrogens with two attached hydrogens (primary N) is 1. The molecule has 0 fully saturated rings. The molecular formula is C11H14Cl2N2O. The summed E-state index contributed by atoms with van der Waals surface area (Å²) < 4.78 is 0. The third-order valence-corrected chi connectivity index (χ3v) is 2.84. The van der Waals surface area contributed by atoms with E-state index in [9.17, 15) is 4.79 Å². The highest BCUT2D eigenvalue weighted by Crippen LogP contribution is 2.30. The molecule has 0 spiro atoms. The first-order valence-electron chi connectivity index (χ1n) is 5.01. The van der Waals surface area contributed by atoms with Gasteiger partial charge >= 0.3 is 0 Å². The fraction of sp³-hybridized carbons (Fsp3) is 0.364. The molecule has 0 radical (unpaired) electrons. The first kappa shape index (κ1) is 13.3. The summed E-state index contributed by atoms with van der Waals surface area (Å²) in [6.45, 7) is 1.14. The molecule has 0 aromatic heterocycles. The molecule has 0 saturated carbocycles. The van der Waals surface area contributed by atoms with Crippen molar-refractivity contribution >= 4 is 35.6 Å². The first-order chi connectivity index (χ1) is 7.22. The Labute approximate surface area is 106 Å². The van der Waals surface area contributed by atoms with Crippen LogP contribution in [0.2, 0.25) is 5.02 Å². The van der Waals surface area contributed by atoms with Gasteiger partial charge in [0.1, 0.15) is 0 Å². The number of carbonyl (C=O) groups is 1. The summed E-state index contributed by atoms with van der Waals surface area (Å²) in [7, 11) is 0. The van der Waals surface area contributed by atoms with E-state index in [4.69, 9.17) is 17.3 Å². The second-order valence-electron chi connectivity index (χ2n) is 3.61. The van der Waals surface area contributed by atoms with Gasteiger partial charge in [-0.25, -0.2) is 0 Å². The van der Waals surface area contributed by atoms with Crippen molar-refractivity contribution in [1.29, 1.82) is 0 Å². The minimum absolute atomic E-state index is 0. The van der Waals surface area contributed by atoms with E-state index in [0.717, 1.165) is 18.7 Å². The van der Waals surface area contributed by atoms with E-state index >= 15 is 0 Å². The zero-order chi connectivity index (χ0) is 10.8. The van der Waals surface area contributed by atoms with Crippen LogP contribution in [0.25, 0.3) is 0 Å². The van der Waals surface area contributed by atoms with Crippen molar-refractivity contribution in [3.8, 4) is 0 Å². The van der Waals surface area contributed by atoms with Gasteiger partial charge in [-0.05, 0) is 24.1 Å². The molecule has 0 saturated heterocycles. The number of carbonyl (C=O) groups excluding carboxylic acids is 1. The Balaban J connectivity index is 0.00000128. The molecule has 88 valence electrons. The van der Waals surface area contributed by atoms with Crippen molar-refractivity contribution < 1.29 is 4.79 Å². The van der Waals surface area contributed by atoms with Crippen LogP contribution in [0.5, 0.6) is 0 Å². The molecule has 2 rings (SSSR count). The van der Waals surface area contributed by atoms with Crippen molar-refractivity contribution in [3.05, 3.63) is 28.8 Å². The predicted molar refractivity (Wildman–Crippen MR) is 68.4 cm³/mol. The Kier molecular flexibility index (Phi) is 4.59. The minimum Gasteiger partial charge on any atom is -0.330 e. The fourth-order valence-electron chi connectivity index (χ4n) is 1.87. The van der Waals surface area contributed by atoms with E-state index in [2.05, 4.69) is 0 Å². The zero-order valence-corrected chi connectivity index (χ0v) is 10.4. The number of nitrogens with zero attached hydrogens (tertiary/aromatic N) is 1. The van der Waals surface area contributed by atoms with Gasteiger partial charge in [0.15, 0.2) is 0 Å². The molecule has 2 N–H and O–H groups in total. The van der Waals surface area contributed by atoms with Crippen LogP contribution in [0.3, 0.4) is 0 Å². The average molecular weight is 261 g/mol. The number of fused-ring (bicyclic) bond motifs is 1. The summed E-state index contributed by atoms with van der Waals surface area (Å²) in [5, 5.41) is 0.668. The molecule has 5 heteroatoms. The summed E-state index contributed by atoms with van der Waals surface area (Å²) in [4.78, 5) is 13.5. The largest absolute Gasteiger partial charge is 0.330 e. The molecule has 0 unspecified atom stereocenters. The van der Waals surface area contributed by atoms with Crippen molar-refractivity contribution in [3.63, 3.8) is 0 Å². The number of rotatable bonds is 2. The minimum atomic E-state index is 0. The number of amides is 1. The molecule has 1 aliphatic rings. The van der Waals surface area contributed by atoms with Crippen molar-refractivity contribution in [2.45, 2.75) is 12.8 Å². The summed E-state index contributed by atoms with van der Waals surface area (Å²) in [5.41, 5.74) is 7.50. The van der Waals surface area contributed by atoms with E-state index < -0.39 is 0 Å². The lowest BCUT2D eigenvalue weighted by Gasteiger charge is -2.16. The first-order valence-corrected chi connectivity index (χ1v) is 5.39. The maximum Gasteiger partial charge on any atom is 0.228 e. The van der Waals surface area contributed by atoms with Crippen LogP contribution in [0.1, 0.15) is 12.0 Å². The molecule has 0 atom stereocenters. The number of hydrogen-bond acceptors (Lipinski definition) is 2. The molecule has 1 aromatic rings. The van der Waals surface area contributed by atoms with E-state index in [1.54, 1.807) is 4.90 Å². The van der Waals surface area contributed by atoms with E-state index in [0.29, 0.717) is 18.0 Å². The van der Waals surface area contributed by atoms with E-state index in [-0.39, 0.29) is 18.3 Å². The van der Waals surface area contributed by atoms with Crippen molar-refractivity contribution in [1.82, 2.24) is 0 Å². The lowest BCUT2D eigenvalue weighted by atomic mass is 10.2. The van der Waals surface area contributed by atoms with Gasteiger partial charge in [0.2, 0.25) is 5.91 Å². The number of benzene rings is 1. The van der Waals surface area contributed by atoms with Crippen LogP contribution in [-0.2, 0) is 11.2 Å². The maximum absolute atomic E-state index is 11.7. The zero-order valence-electron chi connectivity index (χ0n) is 8.78. The third kappa shape index (κ3) is 2.48. The van der Waals surface area contributed by atoms with Crippen LogP contribution in [0.4, 0.5) is 5.69 Å². The lowest BCUT2D eigenvalue weighted by Crippen LogP contribution is -2.30. The molecule has 1 amide bonds.